The van der Waals surface area contributed by atoms with Gasteiger partial charge in [0, 0.05) is 12.3 Å². The van der Waals surface area contributed by atoms with Gasteiger partial charge in [0.25, 0.3) is 0 Å². The van der Waals surface area contributed by atoms with Gasteiger partial charge in [0.15, 0.2) is 11.6 Å². The van der Waals surface area contributed by atoms with E-state index in [-0.39, 0.29) is 0 Å². The van der Waals surface area contributed by atoms with Crippen molar-refractivity contribution in [3.8, 4) is 5.75 Å². The van der Waals surface area contributed by atoms with Gasteiger partial charge in [0.2, 0.25) is 0 Å². The lowest BCUT2D eigenvalue weighted by Crippen LogP contribution is -2.06. The summed E-state index contributed by atoms with van der Waals surface area (Å²) in [5.41, 5.74) is 0. The second kappa shape index (κ2) is 7.37. The van der Waals surface area contributed by atoms with Gasteiger partial charge >= 0.3 is 0 Å². The Morgan fingerprint density at radius 2 is 2.18 bits per heavy atom. The van der Waals surface area contributed by atoms with Gasteiger partial charge in [0.1, 0.15) is 11.4 Å². The Morgan fingerprint density at radius 1 is 1.41 bits per heavy atom. The maximum Gasteiger partial charge on any atom is 0.193 e. The zero-order chi connectivity index (χ0) is 12.7. The first-order valence-corrected chi connectivity index (χ1v) is 6.93. The van der Waals surface area contributed by atoms with E-state index >= 15 is 0 Å². The Morgan fingerprint density at radius 3 is 2.76 bits per heavy atom. The number of anilines is 1. The molecule has 0 aliphatic heterocycles. The van der Waals surface area contributed by atoms with Crippen molar-refractivity contribution in [2.75, 3.05) is 24.7 Å². The van der Waals surface area contributed by atoms with Crippen molar-refractivity contribution in [2.45, 2.75) is 32.2 Å². The summed E-state index contributed by atoms with van der Waals surface area (Å²) in [6.07, 6.45) is 2.64. The third kappa shape index (κ3) is 4.42. The van der Waals surface area contributed by atoms with Crippen LogP contribution in [0.3, 0.4) is 0 Å². The molecule has 0 radical (unpaired) electrons. The number of hydrogen-bond donors (Lipinski definition) is 1. The highest BCUT2D eigenvalue weighted by Crippen LogP contribution is 2.33. The molecule has 0 saturated carbocycles. The van der Waals surface area contributed by atoms with Crippen molar-refractivity contribution in [3.63, 3.8) is 0 Å². The van der Waals surface area contributed by atoms with E-state index in [2.05, 4.69) is 36.1 Å². The summed E-state index contributed by atoms with van der Waals surface area (Å²) in [5.74, 6) is 3.20. The molecule has 0 fully saturated rings. The summed E-state index contributed by atoms with van der Waals surface area (Å²) in [6.45, 7) is 7.39. The lowest BCUT2D eigenvalue weighted by molar-refractivity contribution is 0.400. The van der Waals surface area contributed by atoms with E-state index in [1.165, 1.54) is 0 Å². The van der Waals surface area contributed by atoms with Crippen molar-refractivity contribution in [1.29, 1.82) is 0 Å². The minimum Gasteiger partial charge on any atom is -0.490 e. The molecule has 1 heterocycles. The van der Waals surface area contributed by atoms with Gasteiger partial charge in [-0.05, 0) is 12.3 Å². The van der Waals surface area contributed by atoms with Crippen molar-refractivity contribution in [2.24, 2.45) is 5.92 Å². The molecule has 0 spiro atoms. The summed E-state index contributed by atoms with van der Waals surface area (Å²) in [5, 5.41) is 4.16. The molecule has 17 heavy (non-hydrogen) atoms. The first-order chi connectivity index (χ1) is 8.19. The van der Waals surface area contributed by atoms with E-state index in [0.717, 1.165) is 35.3 Å². The molecule has 0 aliphatic carbocycles. The average molecular weight is 255 g/mol. The van der Waals surface area contributed by atoms with E-state index in [0.29, 0.717) is 5.92 Å². The van der Waals surface area contributed by atoms with E-state index in [4.69, 9.17) is 4.74 Å². The lowest BCUT2D eigenvalue weighted by Gasteiger charge is -2.12. The van der Waals surface area contributed by atoms with Gasteiger partial charge in [-0.15, -0.1) is 11.8 Å². The van der Waals surface area contributed by atoms with Crippen LogP contribution in [0.2, 0.25) is 0 Å². The molecule has 0 bridgehead atoms. The molecule has 0 amide bonds. The highest BCUT2D eigenvalue weighted by Gasteiger charge is 2.12. The largest absolute Gasteiger partial charge is 0.490 e. The summed E-state index contributed by atoms with van der Waals surface area (Å²) in [6, 6.07) is 0. The summed E-state index contributed by atoms with van der Waals surface area (Å²) >= 11 is 1.71. The normalized spacial score (nSPS) is 10.6. The number of methoxy groups -OCH3 is 1. The van der Waals surface area contributed by atoms with E-state index in [1.54, 1.807) is 25.2 Å². The van der Waals surface area contributed by atoms with Crippen LogP contribution < -0.4 is 10.1 Å². The second-order valence-electron chi connectivity index (χ2n) is 4.19. The average Bonchev–Trinajstić information content (AvgIpc) is 2.33. The fraction of sp³-hybridized carbons (Fsp3) is 0.667. The fourth-order valence-corrected chi connectivity index (χ4v) is 2.18. The van der Waals surface area contributed by atoms with Crippen LogP contribution in [0, 0.1) is 5.92 Å². The van der Waals surface area contributed by atoms with Gasteiger partial charge in [-0.2, -0.15) is 0 Å². The minimum atomic E-state index is 0.631. The number of aromatic nitrogens is 2. The molecule has 1 rings (SSSR count). The van der Waals surface area contributed by atoms with Gasteiger partial charge < -0.3 is 10.1 Å². The molecule has 0 atom stereocenters. The van der Waals surface area contributed by atoms with Crippen molar-refractivity contribution in [1.82, 2.24) is 9.97 Å². The number of nitrogens with one attached hydrogen (secondary N) is 1. The van der Waals surface area contributed by atoms with Crippen LogP contribution in [0.4, 0.5) is 5.82 Å². The van der Waals surface area contributed by atoms with E-state index in [1.807, 2.05) is 0 Å². The molecule has 1 N–H and O–H groups in total. The molecule has 4 nitrogen and oxygen atoms in total. The van der Waals surface area contributed by atoms with Crippen LogP contribution in [0.15, 0.2) is 11.4 Å². The van der Waals surface area contributed by atoms with Crippen LogP contribution >= 0.6 is 11.8 Å². The summed E-state index contributed by atoms with van der Waals surface area (Å²) in [4.78, 5) is 8.49. The second-order valence-corrected chi connectivity index (χ2v) is 5.20. The molecule has 0 aromatic carbocycles. The van der Waals surface area contributed by atoms with Crippen LogP contribution in [-0.4, -0.2) is 29.4 Å². The molecule has 5 heteroatoms. The maximum absolute atomic E-state index is 5.40. The van der Waals surface area contributed by atoms with Gasteiger partial charge in [-0.1, -0.05) is 20.8 Å². The standard InChI is InChI=1S/C12H21N3OS/c1-5-6-13-11-10(16-4)12(15-8-14-11)17-7-9(2)3/h8-9H,5-7H2,1-4H3,(H,13,14,15). The molecule has 0 saturated heterocycles. The first-order valence-electron chi connectivity index (χ1n) is 5.94. The Labute approximate surface area is 108 Å². The number of nitrogens with zero attached hydrogens (tertiary/aromatic N) is 2. The van der Waals surface area contributed by atoms with Crippen LogP contribution in [0.25, 0.3) is 0 Å². The lowest BCUT2D eigenvalue weighted by atomic mass is 10.3. The summed E-state index contributed by atoms with van der Waals surface area (Å²) in [7, 11) is 1.66. The Balaban J connectivity index is 2.81. The van der Waals surface area contributed by atoms with Crippen molar-refractivity contribution in [3.05, 3.63) is 6.33 Å². The van der Waals surface area contributed by atoms with Gasteiger partial charge in [-0.3, -0.25) is 0 Å². The molecule has 96 valence electrons. The van der Waals surface area contributed by atoms with Crippen LogP contribution in [0.1, 0.15) is 27.2 Å². The van der Waals surface area contributed by atoms with Crippen molar-refractivity contribution >= 4 is 17.6 Å². The van der Waals surface area contributed by atoms with Crippen LogP contribution in [0.5, 0.6) is 5.75 Å². The predicted molar refractivity (Wildman–Crippen MR) is 72.9 cm³/mol. The topological polar surface area (TPSA) is 47.0 Å². The Bertz CT molecular complexity index is 345. The highest BCUT2D eigenvalue weighted by molar-refractivity contribution is 7.99. The van der Waals surface area contributed by atoms with E-state index < -0.39 is 0 Å². The first kappa shape index (κ1) is 14.1. The highest BCUT2D eigenvalue weighted by atomic mass is 32.2. The predicted octanol–water partition coefficient (Wildman–Crippen LogP) is 3.06. The number of hydrogen-bond acceptors (Lipinski definition) is 5. The summed E-state index contributed by atoms with van der Waals surface area (Å²) < 4.78 is 5.40. The smallest absolute Gasteiger partial charge is 0.193 e. The molecule has 0 unspecified atom stereocenters. The Hall–Kier alpha value is -0.970. The van der Waals surface area contributed by atoms with Gasteiger partial charge in [-0.25, -0.2) is 9.97 Å². The molecular formula is C12H21N3OS. The quantitative estimate of drug-likeness (QED) is 0.599. The SMILES string of the molecule is CCCNc1ncnc(SCC(C)C)c1OC. The zero-order valence-electron chi connectivity index (χ0n) is 11.0. The molecular weight excluding hydrogens is 234 g/mol. The zero-order valence-corrected chi connectivity index (χ0v) is 11.8. The third-order valence-electron chi connectivity index (χ3n) is 2.07. The maximum atomic E-state index is 5.40. The monoisotopic (exact) mass is 255 g/mol. The van der Waals surface area contributed by atoms with Crippen molar-refractivity contribution < 1.29 is 4.74 Å². The number of thioether (sulfide) groups is 1. The third-order valence-corrected chi connectivity index (χ3v) is 3.47. The molecule has 1 aromatic heterocycles. The number of rotatable bonds is 7. The minimum absolute atomic E-state index is 0.631. The van der Waals surface area contributed by atoms with Gasteiger partial charge in [0.05, 0.1) is 7.11 Å². The van der Waals surface area contributed by atoms with Crippen LogP contribution in [-0.2, 0) is 0 Å². The number of ether oxygens (including phenoxy) is 1. The molecule has 0 aliphatic rings. The van der Waals surface area contributed by atoms with E-state index in [9.17, 15) is 0 Å². The molecule has 1 aromatic rings. The Kier molecular flexibility index (Phi) is 6.11. The fourth-order valence-electron chi connectivity index (χ4n) is 1.26.